The van der Waals surface area contributed by atoms with E-state index in [-0.39, 0.29) is 23.5 Å². The van der Waals surface area contributed by atoms with Crippen molar-refractivity contribution < 1.29 is 13.9 Å². The molecule has 3 atom stereocenters. The zero-order valence-corrected chi connectivity index (χ0v) is 14.1. The van der Waals surface area contributed by atoms with Crippen LogP contribution in [0.3, 0.4) is 0 Å². The molecule has 8 heteroatoms. The summed E-state index contributed by atoms with van der Waals surface area (Å²) in [5.74, 6) is 0.0796. The van der Waals surface area contributed by atoms with E-state index in [1.807, 2.05) is 20.8 Å². The first-order chi connectivity index (χ1) is 10.7. The quantitative estimate of drug-likeness (QED) is 0.661. The van der Waals surface area contributed by atoms with Gasteiger partial charge in [0.05, 0.1) is 6.04 Å². The fraction of sp³-hybridized carbons (Fsp3) is 0.667. The Morgan fingerprint density at radius 3 is 2.78 bits per heavy atom. The van der Waals surface area contributed by atoms with Gasteiger partial charge < -0.3 is 15.0 Å². The molecule has 1 amide bonds. The number of anilines is 1. The number of carbonyl (C=O) groups excluding carboxylic acids is 1. The van der Waals surface area contributed by atoms with Crippen molar-refractivity contribution in [2.45, 2.75) is 51.3 Å². The van der Waals surface area contributed by atoms with Gasteiger partial charge in [0, 0.05) is 18.7 Å². The van der Waals surface area contributed by atoms with Gasteiger partial charge in [-0.25, -0.2) is 9.78 Å². The maximum absolute atomic E-state index is 13.3. The number of nitrogens with one attached hydrogen (secondary N) is 1. The van der Waals surface area contributed by atoms with Crippen LogP contribution in [0.4, 0.5) is 15.0 Å². The van der Waals surface area contributed by atoms with Crippen LogP contribution in [-0.2, 0) is 4.74 Å². The Balaban J connectivity index is 1.69. The largest absolute Gasteiger partial charge is 0.444 e. The molecule has 1 saturated heterocycles. The molecule has 1 aromatic heterocycles. The van der Waals surface area contributed by atoms with Gasteiger partial charge in [-0.1, -0.05) is 0 Å². The number of ether oxygens (including phenoxy) is 1. The molecule has 3 unspecified atom stereocenters. The van der Waals surface area contributed by atoms with E-state index in [1.165, 1.54) is 6.07 Å². The van der Waals surface area contributed by atoms with Crippen LogP contribution in [0.5, 0.6) is 0 Å². The number of carbonyl (C=O) groups is 1. The lowest BCUT2D eigenvalue weighted by Crippen LogP contribution is -2.49. The average molecular weight is 343 g/mol. The van der Waals surface area contributed by atoms with Gasteiger partial charge in [-0.15, -0.1) is 0 Å². The molecule has 1 aliphatic carbocycles. The van der Waals surface area contributed by atoms with Crippen LogP contribution in [0.15, 0.2) is 6.07 Å². The molecule has 2 heterocycles. The molecule has 126 valence electrons. The van der Waals surface area contributed by atoms with Crippen LogP contribution in [0.1, 0.15) is 33.6 Å². The molecule has 0 spiro atoms. The lowest BCUT2D eigenvalue weighted by atomic mass is 10.1. The lowest BCUT2D eigenvalue weighted by molar-refractivity contribution is 0.0179. The summed E-state index contributed by atoms with van der Waals surface area (Å²) in [4.78, 5) is 21.5. The Hall–Kier alpha value is -1.63. The number of hydrogen-bond donors (Lipinski definition) is 1. The molecule has 2 aliphatic rings. The lowest BCUT2D eigenvalue weighted by Gasteiger charge is -2.35. The number of halogens is 2. The monoisotopic (exact) mass is 342 g/mol. The molecular formula is C15H20ClFN4O2. The van der Waals surface area contributed by atoms with E-state index in [4.69, 9.17) is 16.3 Å². The number of nitrogens with zero attached hydrogens (tertiary/aromatic N) is 3. The number of aromatic nitrogens is 2. The van der Waals surface area contributed by atoms with Crippen molar-refractivity contribution in [3.8, 4) is 0 Å². The van der Waals surface area contributed by atoms with Gasteiger partial charge in [-0.3, -0.25) is 0 Å². The molecule has 1 aliphatic heterocycles. The van der Waals surface area contributed by atoms with E-state index in [2.05, 4.69) is 15.3 Å². The topological polar surface area (TPSA) is 67.3 Å². The third kappa shape index (κ3) is 3.65. The summed E-state index contributed by atoms with van der Waals surface area (Å²) >= 11 is 5.68. The van der Waals surface area contributed by atoms with Crippen LogP contribution < -0.4 is 5.32 Å². The first-order valence-electron chi connectivity index (χ1n) is 7.67. The van der Waals surface area contributed by atoms with E-state index in [9.17, 15) is 9.18 Å². The van der Waals surface area contributed by atoms with Crippen LogP contribution in [0, 0.1) is 11.9 Å². The third-order valence-corrected chi connectivity index (χ3v) is 4.28. The van der Waals surface area contributed by atoms with Crippen molar-refractivity contribution in [3.05, 3.63) is 17.3 Å². The van der Waals surface area contributed by atoms with E-state index in [0.29, 0.717) is 18.3 Å². The van der Waals surface area contributed by atoms with Crippen molar-refractivity contribution in [3.63, 3.8) is 0 Å². The van der Waals surface area contributed by atoms with Gasteiger partial charge in [0.25, 0.3) is 0 Å². The fourth-order valence-electron chi connectivity index (χ4n) is 3.36. The molecule has 3 rings (SSSR count). The van der Waals surface area contributed by atoms with Gasteiger partial charge >= 0.3 is 6.09 Å². The minimum atomic E-state index is -0.681. The number of amides is 1. The Morgan fingerprint density at radius 2 is 2.17 bits per heavy atom. The van der Waals surface area contributed by atoms with E-state index < -0.39 is 11.5 Å². The zero-order valence-electron chi connectivity index (χ0n) is 13.3. The average Bonchev–Trinajstić information content (AvgIpc) is 2.94. The van der Waals surface area contributed by atoms with Crippen molar-refractivity contribution in [2.75, 3.05) is 11.9 Å². The Kier molecular flexibility index (Phi) is 4.08. The Labute approximate surface area is 139 Å². The normalized spacial score (nSPS) is 26.5. The first-order valence-corrected chi connectivity index (χ1v) is 8.05. The van der Waals surface area contributed by atoms with Crippen LogP contribution >= 0.6 is 11.6 Å². The van der Waals surface area contributed by atoms with E-state index >= 15 is 0 Å². The summed E-state index contributed by atoms with van der Waals surface area (Å²) in [6, 6.07) is 1.23. The minimum absolute atomic E-state index is 0.00614. The second-order valence-electron chi connectivity index (χ2n) is 7.13. The van der Waals surface area contributed by atoms with Crippen LogP contribution in [0.2, 0.25) is 5.28 Å². The molecule has 2 fully saturated rings. The number of hydrogen-bond acceptors (Lipinski definition) is 5. The van der Waals surface area contributed by atoms with Crippen LogP contribution in [-0.4, -0.2) is 45.2 Å². The maximum atomic E-state index is 13.3. The van der Waals surface area contributed by atoms with Crippen molar-refractivity contribution in [1.82, 2.24) is 14.9 Å². The second kappa shape index (κ2) is 5.78. The Bertz CT molecular complexity index is 602. The third-order valence-electron chi connectivity index (χ3n) is 4.11. The van der Waals surface area contributed by atoms with Crippen molar-refractivity contribution in [2.24, 2.45) is 5.92 Å². The number of piperidine rings is 1. The number of rotatable bonds is 2. The molecule has 1 saturated carbocycles. The fourth-order valence-corrected chi connectivity index (χ4v) is 3.54. The standard InChI is InChI=1S/C15H20ClFN4O2/c1-15(2,3)23-14(22)21-7-8-4-9(10(21)5-8)18-12-6-11(17)19-13(16)20-12/h6,8-10H,4-5,7H2,1-3H3,(H,18,19,20). The zero-order chi connectivity index (χ0) is 16.8. The van der Waals surface area contributed by atoms with Gasteiger partial charge in [-0.05, 0) is 51.1 Å². The highest BCUT2D eigenvalue weighted by molar-refractivity contribution is 6.28. The molecule has 1 N–H and O–H groups in total. The highest BCUT2D eigenvalue weighted by Gasteiger charge is 2.48. The van der Waals surface area contributed by atoms with E-state index in [0.717, 1.165) is 12.8 Å². The summed E-state index contributed by atoms with van der Waals surface area (Å²) in [5.41, 5.74) is -0.523. The molecule has 0 aromatic carbocycles. The van der Waals surface area contributed by atoms with Crippen LogP contribution in [0.25, 0.3) is 0 Å². The molecule has 2 bridgehead atoms. The molecule has 6 nitrogen and oxygen atoms in total. The molecule has 0 radical (unpaired) electrons. The number of fused-ring (bicyclic) bond motifs is 2. The first kappa shape index (κ1) is 16.2. The van der Waals surface area contributed by atoms with Gasteiger partial charge in [0.2, 0.25) is 11.2 Å². The van der Waals surface area contributed by atoms with Crippen molar-refractivity contribution in [1.29, 1.82) is 0 Å². The molecular weight excluding hydrogens is 323 g/mol. The number of likely N-dealkylation sites (tertiary alicyclic amines) is 1. The summed E-state index contributed by atoms with van der Waals surface area (Å²) in [6.45, 7) is 6.25. The van der Waals surface area contributed by atoms with Crippen molar-refractivity contribution >= 4 is 23.5 Å². The Morgan fingerprint density at radius 1 is 1.43 bits per heavy atom. The highest BCUT2D eigenvalue weighted by atomic mass is 35.5. The summed E-state index contributed by atoms with van der Waals surface area (Å²) in [6.07, 6.45) is 1.52. The molecule has 23 heavy (non-hydrogen) atoms. The van der Waals surface area contributed by atoms with E-state index in [1.54, 1.807) is 4.90 Å². The summed E-state index contributed by atoms with van der Waals surface area (Å²) in [7, 11) is 0. The minimum Gasteiger partial charge on any atom is -0.444 e. The maximum Gasteiger partial charge on any atom is 0.410 e. The summed E-state index contributed by atoms with van der Waals surface area (Å²) in [5, 5.41) is 3.04. The highest BCUT2D eigenvalue weighted by Crippen LogP contribution is 2.39. The smallest absolute Gasteiger partial charge is 0.410 e. The second-order valence-corrected chi connectivity index (χ2v) is 7.47. The van der Waals surface area contributed by atoms with Gasteiger partial charge in [0.1, 0.15) is 11.4 Å². The predicted molar refractivity (Wildman–Crippen MR) is 83.9 cm³/mol. The summed E-state index contributed by atoms with van der Waals surface area (Å²) < 4.78 is 18.8. The van der Waals surface area contributed by atoms with Gasteiger partial charge in [0.15, 0.2) is 0 Å². The predicted octanol–water partition coefficient (Wildman–Crippen LogP) is 3.08. The van der Waals surface area contributed by atoms with Gasteiger partial charge in [-0.2, -0.15) is 9.37 Å². The molecule has 1 aromatic rings. The SMILES string of the molecule is CC(C)(C)OC(=O)N1CC2CC(Nc3cc(F)nc(Cl)n3)C1C2.